The standard InChI is InChI=1S/C24H21ClFN5OS/c1-16-11-12-18(25)13-21(16)31-22(14-27-23(32)28-20-10-6-5-9-19(20)26)29-30-24(31)33-15-17-7-3-2-4-8-17/h2-13H,14-15H2,1H3,(H2,27,28,32). The number of rotatable bonds is 7. The molecule has 1 aromatic heterocycles. The van der Waals surface area contributed by atoms with Crippen LogP contribution in [0.15, 0.2) is 78.0 Å². The number of amides is 2. The van der Waals surface area contributed by atoms with Gasteiger partial charge in [0.2, 0.25) is 0 Å². The van der Waals surface area contributed by atoms with Crippen LogP contribution in [0.25, 0.3) is 5.69 Å². The first-order chi connectivity index (χ1) is 16.0. The van der Waals surface area contributed by atoms with Crippen molar-refractivity contribution < 1.29 is 9.18 Å². The van der Waals surface area contributed by atoms with Gasteiger partial charge in [-0.25, -0.2) is 9.18 Å². The number of aromatic nitrogens is 3. The summed E-state index contributed by atoms with van der Waals surface area (Å²) < 4.78 is 15.7. The first-order valence-corrected chi connectivity index (χ1v) is 11.5. The van der Waals surface area contributed by atoms with Gasteiger partial charge in [-0.1, -0.05) is 71.9 Å². The van der Waals surface area contributed by atoms with Crippen LogP contribution in [0, 0.1) is 12.7 Å². The number of para-hydroxylation sites is 1. The minimum atomic E-state index is -0.545. The van der Waals surface area contributed by atoms with Gasteiger partial charge in [-0.2, -0.15) is 0 Å². The number of halogens is 2. The number of carbonyl (C=O) groups excluding carboxylic acids is 1. The van der Waals surface area contributed by atoms with E-state index in [0.29, 0.717) is 21.8 Å². The summed E-state index contributed by atoms with van der Waals surface area (Å²) in [5.41, 5.74) is 3.07. The van der Waals surface area contributed by atoms with Gasteiger partial charge in [0.1, 0.15) is 5.82 Å². The minimum absolute atomic E-state index is 0.0884. The van der Waals surface area contributed by atoms with Crippen LogP contribution in [-0.4, -0.2) is 20.8 Å². The van der Waals surface area contributed by atoms with Crippen molar-refractivity contribution in [1.82, 2.24) is 20.1 Å². The van der Waals surface area contributed by atoms with Gasteiger partial charge in [0.25, 0.3) is 0 Å². The number of benzene rings is 3. The summed E-state index contributed by atoms with van der Waals surface area (Å²) in [4.78, 5) is 12.4. The summed E-state index contributed by atoms with van der Waals surface area (Å²) in [6, 6.07) is 21.1. The summed E-state index contributed by atoms with van der Waals surface area (Å²) >= 11 is 7.81. The van der Waals surface area contributed by atoms with E-state index in [1.807, 2.05) is 60.0 Å². The fraction of sp³-hybridized carbons (Fsp3) is 0.125. The highest BCUT2D eigenvalue weighted by atomic mass is 35.5. The zero-order valence-electron chi connectivity index (χ0n) is 17.8. The number of urea groups is 1. The normalized spacial score (nSPS) is 10.8. The number of anilines is 1. The maximum atomic E-state index is 13.8. The van der Waals surface area contributed by atoms with Crippen molar-refractivity contribution in [3.05, 3.63) is 101 Å². The van der Waals surface area contributed by atoms with Crippen molar-refractivity contribution in [3.63, 3.8) is 0 Å². The molecule has 3 aromatic carbocycles. The molecule has 1 heterocycles. The summed E-state index contributed by atoms with van der Waals surface area (Å²) in [5, 5.41) is 15.1. The Kier molecular flexibility index (Phi) is 7.26. The van der Waals surface area contributed by atoms with Crippen molar-refractivity contribution in [1.29, 1.82) is 0 Å². The predicted molar refractivity (Wildman–Crippen MR) is 129 cm³/mol. The van der Waals surface area contributed by atoms with Gasteiger partial charge < -0.3 is 10.6 Å². The highest BCUT2D eigenvalue weighted by Crippen LogP contribution is 2.28. The number of aryl methyl sites for hydroxylation is 1. The first kappa shape index (κ1) is 22.8. The molecule has 2 amide bonds. The summed E-state index contributed by atoms with van der Waals surface area (Å²) in [6.07, 6.45) is 0. The van der Waals surface area contributed by atoms with Gasteiger partial charge in [0.05, 0.1) is 17.9 Å². The van der Waals surface area contributed by atoms with Gasteiger partial charge in [-0.15, -0.1) is 10.2 Å². The molecule has 9 heteroatoms. The summed E-state index contributed by atoms with van der Waals surface area (Å²) in [7, 11) is 0. The molecule has 0 aliphatic heterocycles. The molecule has 0 unspecified atom stereocenters. The number of hydrogen-bond donors (Lipinski definition) is 2. The van der Waals surface area contributed by atoms with Gasteiger partial charge in [-0.3, -0.25) is 4.57 Å². The Morgan fingerprint density at radius 1 is 1.06 bits per heavy atom. The molecule has 0 aliphatic carbocycles. The molecular formula is C24H21ClFN5OS. The lowest BCUT2D eigenvalue weighted by Crippen LogP contribution is -2.29. The van der Waals surface area contributed by atoms with Crippen LogP contribution in [0.5, 0.6) is 0 Å². The Morgan fingerprint density at radius 2 is 1.82 bits per heavy atom. The smallest absolute Gasteiger partial charge is 0.319 e. The van der Waals surface area contributed by atoms with Crippen LogP contribution < -0.4 is 10.6 Å². The van der Waals surface area contributed by atoms with Crippen molar-refractivity contribution in [3.8, 4) is 5.69 Å². The van der Waals surface area contributed by atoms with E-state index in [1.54, 1.807) is 12.1 Å². The minimum Gasteiger partial charge on any atom is -0.331 e. The largest absolute Gasteiger partial charge is 0.331 e. The molecule has 4 aromatic rings. The average Bonchev–Trinajstić information content (AvgIpc) is 3.22. The quantitative estimate of drug-likeness (QED) is 0.318. The Morgan fingerprint density at radius 3 is 2.61 bits per heavy atom. The third-order valence-electron chi connectivity index (χ3n) is 4.85. The summed E-state index contributed by atoms with van der Waals surface area (Å²) in [5.74, 6) is 0.726. The molecule has 0 aliphatic rings. The molecule has 0 fully saturated rings. The number of hydrogen-bond acceptors (Lipinski definition) is 4. The molecule has 0 bridgehead atoms. The van der Waals surface area contributed by atoms with Crippen molar-refractivity contribution in [2.24, 2.45) is 0 Å². The second kappa shape index (κ2) is 10.5. The lowest BCUT2D eigenvalue weighted by Gasteiger charge is -2.14. The molecule has 0 radical (unpaired) electrons. The monoisotopic (exact) mass is 481 g/mol. The van der Waals surface area contributed by atoms with Gasteiger partial charge in [-0.05, 0) is 42.3 Å². The van der Waals surface area contributed by atoms with Crippen LogP contribution in [0.3, 0.4) is 0 Å². The number of nitrogens with zero attached hydrogens (tertiary/aromatic N) is 3. The second-order valence-corrected chi connectivity index (χ2v) is 8.61. The fourth-order valence-electron chi connectivity index (χ4n) is 3.18. The van der Waals surface area contributed by atoms with E-state index in [1.165, 1.54) is 23.9 Å². The summed E-state index contributed by atoms with van der Waals surface area (Å²) in [6.45, 7) is 2.06. The van der Waals surface area contributed by atoms with E-state index in [2.05, 4.69) is 20.8 Å². The highest BCUT2D eigenvalue weighted by Gasteiger charge is 2.18. The third kappa shape index (κ3) is 5.71. The molecule has 168 valence electrons. The Bertz CT molecular complexity index is 1260. The van der Waals surface area contributed by atoms with Gasteiger partial charge in [0, 0.05) is 10.8 Å². The molecular weight excluding hydrogens is 461 g/mol. The molecule has 33 heavy (non-hydrogen) atoms. The maximum Gasteiger partial charge on any atom is 0.319 e. The fourth-order valence-corrected chi connectivity index (χ4v) is 4.27. The predicted octanol–water partition coefficient (Wildman–Crippen LogP) is 5.98. The van der Waals surface area contributed by atoms with E-state index < -0.39 is 11.8 Å². The van der Waals surface area contributed by atoms with E-state index in [9.17, 15) is 9.18 Å². The van der Waals surface area contributed by atoms with Crippen LogP contribution in [0.1, 0.15) is 17.0 Å². The van der Waals surface area contributed by atoms with Gasteiger partial charge in [0.15, 0.2) is 11.0 Å². The van der Waals surface area contributed by atoms with Gasteiger partial charge >= 0.3 is 6.03 Å². The molecule has 2 N–H and O–H groups in total. The van der Waals surface area contributed by atoms with Crippen LogP contribution in [0.2, 0.25) is 5.02 Å². The molecule has 0 spiro atoms. The van der Waals surface area contributed by atoms with Crippen LogP contribution in [0.4, 0.5) is 14.9 Å². The SMILES string of the molecule is Cc1ccc(Cl)cc1-n1c(CNC(=O)Nc2ccccc2F)nnc1SCc1ccccc1. The lowest BCUT2D eigenvalue weighted by atomic mass is 10.2. The highest BCUT2D eigenvalue weighted by molar-refractivity contribution is 7.98. The number of thioether (sulfide) groups is 1. The third-order valence-corrected chi connectivity index (χ3v) is 6.09. The first-order valence-electron chi connectivity index (χ1n) is 10.2. The van der Waals surface area contributed by atoms with E-state index in [0.717, 1.165) is 16.8 Å². The van der Waals surface area contributed by atoms with E-state index in [-0.39, 0.29) is 12.2 Å². The second-order valence-electron chi connectivity index (χ2n) is 7.23. The Labute approximate surface area is 200 Å². The molecule has 0 saturated heterocycles. The van der Waals surface area contributed by atoms with Crippen LogP contribution in [-0.2, 0) is 12.3 Å². The Hall–Kier alpha value is -3.36. The van der Waals surface area contributed by atoms with Crippen molar-refractivity contribution in [2.75, 3.05) is 5.32 Å². The molecule has 0 atom stereocenters. The topological polar surface area (TPSA) is 71.8 Å². The number of nitrogens with one attached hydrogen (secondary N) is 2. The van der Waals surface area contributed by atoms with E-state index in [4.69, 9.17) is 11.6 Å². The van der Waals surface area contributed by atoms with E-state index >= 15 is 0 Å². The maximum absolute atomic E-state index is 13.8. The number of carbonyl (C=O) groups is 1. The zero-order chi connectivity index (χ0) is 23.2. The molecule has 6 nitrogen and oxygen atoms in total. The zero-order valence-corrected chi connectivity index (χ0v) is 19.3. The molecule has 4 rings (SSSR count). The molecule has 0 saturated carbocycles. The Balaban J connectivity index is 1.56. The van der Waals surface area contributed by atoms with Crippen molar-refractivity contribution in [2.45, 2.75) is 24.4 Å². The van der Waals surface area contributed by atoms with Crippen LogP contribution >= 0.6 is 23.4 Å². The van der Waals surface area contributed by atoms with Crippen molar-refractivity contribution >= 4 is 35.1 Å². The lowest BCUT2D eigenvalue weighted by molar-refractivity contribution is 0.251. The average molecular weight is 482 g/mol.